The van der Waals surface area contributed by atoms with Crippen LogP contribution in [0.15, 0.2) is 89.7 Å². The lowest BCUT2D eigenvalue weighted by molar-refractivity contribution is 0.302. The molecule has 0 spiro atoms. The summed E-state index contributed by atoms with van der Waals surface area (Å²) in [6.07, 6.45) is 2.88. The highest BCUT2D eigenvalue weighted by Crippen LogP contribution is 2.28. The van der Waals surface area contributed by atoms with Gasteiger partial charge in [0.2, 0.25) is 12.3 Å². The molecule has 0 atom stereocenters. The van der Waals surface area contributed by atoms with Crippen molar-refractivity contribution in [2.45, 2.75) is 6.61 Å². The lowest BCUT2D eigenvalue weighted by atomic mass is 10.0. The summed E-state index contributed by atoms with van der Waals surface area (Å²) in [4.78, 5) is 4.62. The number of hydrogen-bond donors (Lipinski definition) is 0. The molecule has 0 saturated heterocycles. The van der Waals surface area contributed by atoms with E-state index in [0.717, 1.165) is 22.2 Å². The predicted molar refractivity (Wildman–Crippen MR) is 125 cm³/mol. The van der Waals surface area contributed by atoms with Crippen molar-refractivity contribution < 1.29 is 13.5 Å². The second-order valence-corrected chi connectivity index (χ2v) is 7.71. The van der Waals surface area contributed by atoms with E-state index >= 15 is 0 Å². The summed E-state index contributed by atoms with van der Waals surface area (Å²) in [5.74, 6) is 0.511. The summed E-state index contributed by atoms with van der Waals surface area (Å²) in [6, 6.07) is 23.8. The van der Waals surface area contributed by atoms with Crippen molar-refractivity contribution in [3.63, 3.8) is 0 Å². The number of para-hydroxylation sites is 1. The van der Waals surface area contributed by atoms with E-state index in [1.165, 1.54) is 12.5 Å². The van der Waals surface area contributed by atoms with Gasteiger partial charge >= 0.3 is 0 Å². The van der Waals surface area contributed by atoms with Gasteiger partial charge in [-0.25, -0.2) is 9.37 Å². The Morgan fingerprint density at radius 1 is 1.00 bits per heavy atom. The first-order chi connectivity index (χ1) is 16.2. The van der Waals surface area contributed by atoms with Gasteiger partial charge in [0.05, 0.1) is 11.2 Å². The predicted octanol–water partition coefficient (Wildman–Crippen LogP) is 6.58. The molecule has 162 valence electrons. The first kappa shape index (κ1) is 20.8. The second-order valence-electron chi connectivity index (χ2n) is 7.28. The Bertz CT molecular complexity index is 1430. The van der Waals surface area contributed by atoms with Gasteiger partial charge < -0.3 is 9.15 Å². The van der Waals surface area contributed by atoms with E-state index < -0.39 is 5.82 Å². The molecule has 0 radical (unpaired) electrons. The van der Waals surface area contributed by atoms with Crippen LogP contribution in [-0.2, 0) is 6.61 Å². The van der Waals surface area contributed by atoms with E-state index in [0.29, 0.717) is 28.5 Å². The number of fused-ring (bicyclic) bond motifs is 1. The van der Waals surface area contributed by atoms with E-state index in [1.54, 1.807) is 18.2 Å². The Balaban J connectivity index is 1.38. The molecule has 7 heteroatoms. The van der Waals surface area contributed by atoms with Crippen LogP contribution >= 0.6 is 11.6 Å². The van der Waals surface area contributed by atoms with Crippen molar-refractivity contribution in [3.8, 4) is 5.75 Å². The first-order valence-corrected chi connectivity index (χ1v) is 10.5. The second kappa shape index (κ2) is 9.22. The topological polar surface area (TPSA) is 61.0 Å². The van der Waals surface area contributed by atoms with Gasteiger partial charge in [0.1, 0.15) is 18.2 Å². The number of hydrogen-bond acceptors (Lipinski definition) is 5. The van der Waals surface area contributed by atoms with Crippen LogP contribution in [0.1, 0.15) is 22.7 Å². The van der Waals surface area contributed by atoms with Crippen molar-refractivity contribution in [1.29, 1.82) is 0 Å². The maximum Gasteiger partial charge on any atom is 0.248 e. The molecule has 0 unspecified atom stereocenters. The highest BCUT2D eigenvalue weighted by molar-refractivity contribution is 6.30. The monoisotopic (exact) mass is 457 g/mol. The lowest BCUT2D eigenvalue weighted by Gasteiger charge is -2.09. The average Bonchev–Trinajstić information content (AvgIpc) is 3.37. The zero-order chi connectivity index (χ0) is 22.6. The zero-order valence-corrected chi connectivity index (χ0v) is 18.0. The highest BCUT2D eigenvalue weighted by Gasteiger charge is 2.13. The van der Waals surface area contributed by atoms with Crippen LogP contribution in [0, 0.1) is 5.82 Å². The number of rotatable bonds is 6. The third-order valence-corrected chi connectivity index (χ3v) is 5.30. The largest absolute Gasteiger partial charge is 0.487 e. The van der Waals surface area contributed by atoms with Gasteiger partial charge in [0.15, 0.2) is 0 Å². The van der Waals surface area contributed by atoms with Gasteiger partial charge in [-0.15, -0.1) is 10.2 Å². The summed E-state index contributed by atoms with van der Waals surface area (Å²) in [5.41, 5.74) is 3.47. The number of ether oxygens (including phenoxy) is 1. The normalized spacial score (nSPS) is 11.6. The quantitative estimate of drug-likeness (QED) is 0.269. The number of benzene rings is 3. The van der Waals surface area contributed by atoms with E-state index in [2.05, 4.69) is 15.2 Å². The van der Waals surface area contributed by atoms with Crippen molar-refractivity contribution in [3.05, 3.63) is 119 Å². The fraction of sp³-hybridized carbons (Fsp3) is 0.0385. The minimum Gasteiger partial charge on any atom is -0.487 e. The van der Waals surface area contributed by atoms with Crippen LogP contribution in [-0.4, -0.2) is 15.2 Å². The zero-order valence-electron chi connectivity index (χ0n) is 17.3. The van der Waals surface area contributed by atoms with Gasteiger partial charge in [-0.1, -0.05) is 54.1 Å². The van der Waals surface area contributed by atoms with Crippen LogP contribution < -0.4 is 4.74 Å². The molecule has 0 aliphatic heterocycles. The average molecular weight is 458 g/mol. The number of halogens is 2. The van der Waals surface area contributed by atoms with E-state index in [-0.39, 0.29) is 5.89 Å². The summed E-state index contributed by atoms with van der Waals surface area (Å²) in [5, 5.41) is 9.14. The lowest BCUT2D eigenvalue weighted by Crippen LogP contribution is -1.98. The molecule has 5 aromatic rings. The van der Waals surface area contributed by atoms with E-state index in [9.17, 15) is 4.39 Å². The van der Waals surface area contributed by atoms with Gasteiger partial charge in [-0.05, 0) is 48.0 Å². The highest BCUT2D eigenvalue weighted by atomic mass is 35.5. The number of pyridine rings is 1. The molecule has 0 amide bonds. The Labute approximate surface area is 194 Å². The number of aromatic nitrogens is 3. The smallest absolute Gasteiger partial charge is 0.248 e. The Kier molecular flexibility index (Phi) is 5.83. The third-order valence-electron chi connectivity index (χ3n) is 5.06. The Hall–Kier alpha value is -4.03. The Morgan fingerprint density at radius 2 is 1.85 bits per heavy atom. The van der Waals surface area contributed by atoms with Gasteiger partial charge in [-0.3, -0.25) is 0 Å². The molecular formula is C26H17ClFN3O2. The first-order valence-electron chi connectivity index (χ1n) is 10.2. The van der Waals surface area contributed by atoms with E-state index in [4.69, 9.17) is 20.8 Å². The van der Waals surface area contributed by atoms with Crippen molar-refractivity contribution in [1.82, 2.24) is 15.2 Å². The molecule has 5 nitrogen and oxygen atoms in total. The molecule has 0 N–H and O–H groups in total. The molecule has 0 aliphatic rings. The molecule has 0 fully saturated rings. The fourth-order valence-electron chi connectivity index (χ4n) is 3.41. The van der Waals surface area contributed by atoms with Crippen LogP contribution in [0.4, 0.5) is 4.39 Å². The molecule has 2 heterocycles. The maximum atomic E-state index is 14.4. The minimum absolute atomic E-state index is 0.276. The molecule has 0 bridgehead atoms. The summed E-state index contributed by atoms with van der Waals surface area (Å²) in [7, 11) is 0. The van der Waals surface area contributed by atoms with Crippen LogP contribution in [0.5, 0.6) is 5.75 Å². The van der Waals surface area contributed by atoms with Gasteiger partial charge in [-0.2, -0.15) is 0 Å². The molecule has 33 heavy (non-hydrogen) atoms. The summed E-state index contributed by atoms with van der Waals surface area (Å²) >= 11 is 5.87. The minimum atomic E-state index is -0.442. The van der Waals surface area contributed by atoms with Gasteiger partial charge in [0, 0.05) is 21.5 Å². The molecule has 2 aromatic heterocycles. The molecular weight excluding hydrogens is 441 g/mol. The van der Waals surface area contributed by atoms with Crippen LogP contribution in [0.3, 0.4) is 0 Å². The van der Waals surface area contributed by atoms with Crippen LogP contribution in [0.25, 0.3) is 22.6 Å². The molecule has 0 aliphatic carbocycles. The van der Waals surface area contributed by atoms with Crippen molar-refractivity contribution in [2.75, 3.05) is 0 Å². The fourth-order valence-corrected chi connectivity index (χ4v) is 3.57. The summed E-state index contributed by atoms with van der Waals surface area (Å²) in [6.45, 7) is 0.340. The van der Waals surface area contributed by atoms with Crippen molar-refractivity contribution >= 4 is 34.2 Å². The third kappa shape index (κ3) is 4.76. The molecule has 3 aromatic carbocycles. The maximum absolute atomic E-state index is 14.4. The van der Waals surface area contributed by atoms with E-state index in [1.807, 2.05) is 60.7 Å². The number of nitrogens with zero attached hydrogens (tertiary/aromatic N) is 3. The van der Waals surface area contributed by atoms with Gasteiger partial charge in [0.25, 0.3) is 0 Å². The standard InChI is InChI=1S/C26H17ClFN3O2/c27-20-9-5-19(24(28)14-20)13-23(26-31-29-16-33-26)17-7-11-22(12-8-17)32-15-21-10-6-18-3-1-2-4-25(18)30-21/h1-14,16H,15H2/b23-13-. The SMILES string of the molecule is Fc1cc(Cl)ccc1/C=C(/c1ccc(OCc2ccc3ccccc3n2)cc1)c1nnco1. The molecule has 0 saturated carbocycles. The van der Waals surface area contributed by atoms with Crippen LogP contribution in [0.2, 0.25) is 5.02 Å². The van der Waals surface area contributed by atoms with Crippen molar-refractivity contribution in [2.24, 2.45) is 0 Å². The molecule has 5 rings (SSSR count). The Morgan fingerprint density at radius 3 is 2.64 bits per heavy atom. The summed E-state index contributed by atoms with van der Waals surface area (Å²) < 4.78 is 25.7.